The maximum Gasteiger partial charge on any atom is 0.306 e. The van der Waals surface area contributed by atoms with Gasteiger partial charge in [-0.3, -0.25) is 9.69 Å². The Hall–Kier alpha value is -2.44. The maximum absolute atomic E-state index is 11.4. The Balaban J connectivity index is 2.07. The van der Waals surface area contributed by atoms with Crippen molar-refractivity contribution in [3.8, 4) is 17.2 Å². The highest BCUT2D eigenvalue weighted by molar-refractivity contribution is 6.30. The van der Waals surface area contributed by atoms with Crippen LogP contribution in [0.25, 0.3) is 0 Å². The Morgan fingerprint density at radius 3 is 2.14 bits per heavy atom. The van der Waals surface area contributed by atoms with Crippen molar-refractivity contribution >= 4 is 17.6 Å². The van der Waals surface area contributed by atoms with E-state index in [9.17, 15) is 9.90 Å². The number of hydrogen-bond acceptors (Lipinski definition) is 5. The number of ether oxygens (including phenoxy) is 3. The van der Waals surface area contributed by atoms with Gasteiger partial charge in [-0.05, 0) is 55.8 Å². The van der Waals surface area contributed by atoms with Gasteiger partial charge in [0.25, 0.3) is 0 Å². The van der Waals surface area contributed by atoms with Crippen molar-refractivity contribution in [3.05, 3.63) is 52.5 Å². The van der Waals surface area contributed by atoms with Gasteiger partial charge in [0.2, 0.25) is 5.75 Å². The molecular formula is C22H26ClNO5. The molecule has 6 nitrogen and oxygen atoms in total. The molecule has 1 fully saturated rings. The summed E-state index contributed by atoms with van der Waals surface area (Å²) in [6.07, 6.45) is 1.21. The summed E-state index contributed by atoms with van der Waals surface area (Å²) in [6.45, 7) is 1.34. The summed E-state index contributed by atoms with van der Waals surface area (Å²) in [5.74, 6) is 0.701. The molecule has 0 radical (unpaired) electrons. The van der Waals surface area contributed by atoms with Crippen LogP contribution in [0, 0.1) is 5.92 Å². The van der Waals surface area contributed by atoms with Gasteiger partial charge >= 0.3 is 5.97 Å². The summed E-state index contributed by atoms with van der Waals surface area (Å²) in [7, 11) is 4.78. The molecule has 0 amide bonds. The maximum atomic E-state index is 11.4. The van der Waals surface area contributed by atoms with E-state index in [0.717, 1.165) is 11.1 Å². The van der Waals surface area contributed by atoms with Crippen LogP contribution in [0.15, 0.2) is 36.4 Å². The first-order chi connectivity index (χ1) is 14.0. The number of halogens is 1. The van der Waals surface area contributed by atoms with Crippen LogP contribution in [0.5, 0.6) is 17.2 Å². The first kappa shape index (κ1) is 21.3. The van der Waals surface area contributed by atoms with Crippen LogP contribution >= 0.6 is 11.6 Å². The number of carbonyl (C=O) groups is 1. The second kappa shape index (κ2) is 9.37. The molecule has 1 N–H and O–H groups in total. The number of carboxylic acid groups (broad SMARTS) is 1. The monoisotopic (exact) mass is 419 g/mol. The summed E-state index contributed by atoms with van der Waals surface area (Å²) >= 11 is 6.11. The number of piperidine rings is 1. The Kier molecular flexibility index (Phi) is 6.87. The van der Waals surface area contributed by atoms with E-state index >= 15 is 0 Å². The predicted molar refractivity (Wildman–Crippen MR) is 111 cm³/mol. The van der Waals surface area contributed by atoms with Crippen LogP contribution in [0.4, 0.5) is 0 Å². The van der Waals surface area contributed by atoms with Crippen molar-refractivity contribution in [2.24, 2.45) is 5.92 Å². The molecule has 1 heterocycles. The number of carboxylic acids is 1. The van der Waals surface area contributed by atoms with Crippen molar-refractivity contribution in [1.29, 1.82) is 0 Å². The van der Waals surface area contributed by atoms with E-state index in [1.54, 1.807) is 21.3 Å². The third-order valence-corrected chi connectivity index (χ3v) is 5.71. The van der Waals surface area contributed by atoms with Gasteiger partial charge in [0.05, 0.1) is 33.3 Å². The Labute approximate surface area is 175 Å². The number of nitrogens with zero attached hydrogens (tertiary/aromatic N) is 1. The highest BCUT2D eigenvalue weighted by Gasteiger charge is 2.33. The summed E-state index contributed by atoms with van der Waals surface area (Å²) < 4.78 is 16.7. The number of rotatable bonds is 7. The third kappa shape index (κ3) is 4.43. The summed E-state index contributed by atoms with van der Waals surface area (Å²) in [6, 6.07) is 11.4. The van der Waals surface area contributed by atoms with Crippen molar-refractivity contribution in [1.82, 2.24) is 4.90 Å². The van der Waals surface area contributed by atoms with Gasteiger partial charge in [-0.1, -0.05) is 23.7 Å². The van der Waals surface area contributed by atoms with Crippen molar-refractivity contribution < 1.29 is 24.1 Å². The molecule has 1 aliphatic heterocycles. The molecule has 0 saturated carbocycles. The van der Waals surface area contributed by atoms with E-state index in [4.69, 9.17) is 25.8 Å². The molecule has 2 aromatic carbocycles. The average Bonchev–Trinajstić information content (AvgIpc) is 2.75. The molecule has 29 heavy (non-hydrogen) atoms. The van der Waals surface area contributed by atoms with Gasteiger partial charge in [-0.15, -0.1) is 0 Å². The fourth-order valence-electron chi connectivity index (χ4n) is 3.98. The van der Waals surface area contributed by atoms with Crippen molar-refractivity contribution in [2.75, 3.05) is 34.4 Å². The van der Waals surface area contributed by atoms with E-state index in [2.05, 4.69) is 4.90 Å². The normalized spacial score (nSPS) is 16.3. The van der Waals surface area contributed by atoms with E-state index in [-0.39, 0.29) is 12.0 Å². The van der Waals surface area contributed by atoms with E-state index in [0.29, 0.717) is 48.2 Å². The number of aliphatic carboxylic acids is 1. The second-order valence-electron chi connectivity index (χ2n) is 7.03. The Morgan fingerprint density at radius 2 is 1.62 bits per heavy atom. The van der Waals surface area contributed by atoms with Gasteiger partial charge in [-0.25, -0.2) is 0 Å². The molecular weight excluding hydrogens is 394 g/mol. The lowest BCUT2D eigenvalue weighted by atomic mass is 9.90. The lowest BCUT2D eigenvalue weighted by Gasteiger charge is -2.37. The van der Waals surface area contributed by atoms with Crippen molar-refractivity contribution in [3.63, 3.8) is 0 Å². The van der Waals surface area contributed by atoms with E-state index in [1.807, 2.05) is 36.4 Å². The van der Waals surface area contributed by atoms with Crippen LogP contribution in [-0.4, -0.2) is 50.4 Å². The summed E-state index contributed by atoms with van der Waals surface area (Å²) in [5, 5.41) is 10.0. The molecule has 0 aliphatic carbocycles. The molecule has 1 unspecified atom stereocenters. The minimum atomic E-state index is -0.726. The molecule has 1 atom stereocenters. The standard InChI is InChI=1S/C22H26ClNO5/c1-27-18-9-8-17(20(28-2)21(18)29-3)19(14-4-6-16(23)7-5-14)24-12-10-15(11-13-24)22(25)26/h4-9,15,19H,10-13H2,1-3H3,(H,25,26). The molecule has 2 aromatic rings. The summed E-state index contributed by atoms with van der Waals surface area (Å²) in [4.78, 5) is 13.7. The zero-order valence-corrected chi connectivity index (χ0v) is 17.6. The predicted octanol–water partition coefficient (Wildman–Crippen LogP) is 4.25. The number of hydrogen-bond donors (Lipinski definition) is 1. The van der Waals surface area contributed by atoms with Crippen molar-refractivity contribution in [2.45, 2.75) is 18.9 Å². The fraction of sp³-hybridized carbons (Fsp3) is 0.409. The van der Waals surface area contributed by atoms with Crippen LogP contribution in [0.2, 0.25) is 5.02 Å². The first-order valence-corrected chi connectivity index (χ1v) is 9.89. The van der Waals surface area contributed by atoms with Gasteiger partial charge in [0, 0.05) is 10.6 Å². The zero-order valence-electron chi connectivity index (χ0n) is 16.9. The third-order valence-electron chi connectivity index (χ3n) is 5.46. The highest BCUT2D eigenvalue weighted by atomic mass is 35.5. The molecule has 1 saturated heterocycles. The summed E-state index contributed by atoms with van der Waals surface area (Å²) in [5.41, 5.74) is 1.98. The Bertz CT molecular complexity index is 847. The van der Waals surface area contributed by atoms with Crippen LogP contribution < -0.4 is 14.2 Å². The molecule has 0 aromatic heterocycles. The van der Waals surface area contributed by atoms with Gasteiger partial charge in [-0.2, -0.15) is 0 Å². The lowest BCUT2D eigenvalue weighted by molar-refractivity contribution is -0.143. The molecule has 3 rings (SSSR count). The van der Waals surface area contributed by atoms with Gasteiger partial charge in [0.15, 0.2) is 11.5 Å². The molecule has 7 heteroatoms. The Morgan fingerprint density at radius 1 is 1.00 bits per heavy atom. The largest absolute Gasteiger partial charge is 0.493 e. The fourth-order valence-corrected chi connectivity index (χ4v) is 4.10. The molecule has 0 spiro atoms. The average molecular weight is 420 g/mol. The minimum absolute atomic E-state index is 0.128. The van der Waals surface area contributed by atoms with Crippen LogP contribution in [0.1, 0.15) is 30.0 Å². The van der Waals surface area contributed by atoms with Crippen LogP contribution in [0.3, 0.4) is 0 Å². The number of benzene rings is 2. The molecule has 0 bridgehead atoms. The second-order valence-corrected chi connectivity index (χ2v) is 7.46. The quantitative estimate of drug-likeness (QED) is 0.723. The van der Waals surface area contributed by atoms with Crippen LogP contribution in [-0.2, 0) is 4.79 Å². The van der Waals surface area contributed by atoms with E-state index < -0.39 is 5.97 Å². The SMILES string of the molecule is COc1ccc(C(c2ccc(Cl)cc2)N2CCC(C(=O)O)CC2)c(OC)c1OC. The molecule has 1 aliphatic rings. The highest BCUT2D eigenvalue weighted by Crippen LogP contribution is 2.45. The smallest absolute Gasteiger partial charge is 0.306 e. The topological polar surface area (TPSA) is 68.2 Å². The number of likely N-dealkylation sites (tertiary alicyclic amines) is 1. The minimum Gasteiger partial charge on any atom is -0.493 e. The lowest BCUT2D eigenvalue weighted by Crippen LogP contribution is -2.39. The van der Waals surface area contributed by atoms with Gasteiger partial charge < -0.3 is 19.3 Å². The van der Waals surface area contributed by atoms with Gasteiger partial charge in [0.1, 0.15) is 0 Å². The molecule has 156 valence electrons. The number of methoxy groups -OCH3 is 3. The first-order valence-electron chi connectivity index (χ1n) is 9.51. The van der Waals surface area contributed by atoms with E-state index in [1.165, 1.54) is 0 Å². The zero-order chi connectivity index (χ0) is 21.0.